The first kappa shape index (κ1) is 16.1. The average Bonchev–Trinajstić information content (AvgIpc) is 2.90. The molecular formula is C20H28N2O2. The van der Waals surface area contributed by atoms with E-state index in [1.165, 1.54) is 0 Å². The lowest BCUT2D eigenvalue weighted by Gasteiger charge is -2.37. The fourth-order valence-corrected chi connectivity index (χ4v) is 5.12. The van der Waals surface area contributed by atoms with Gasteiger partial charge in [-0.3, -0.25) is 4.79 Å². The molecule has 1 amide bonds. The maximum absolute atomic E-state index is 13.4. The van der Waals surface area contributed by atoms with Crippen LogP contribution in [0.25, 0.3) is 0 Å². The summed E-state index contributed by atoms with van der Waals surface area (Å²) in [6.45, 7) is 2.27. The van der Waals surface area contributed by atoms with E-state index in [0.717, 1.165) is 57.3 Å². The molecule has 24 heavy (non-hydrogen) atoms. The second-order valence-electron chi connectivity index (χ2n) is 7.87. The number of piperidine rings is 1. The number of fused-ring (bicyclic) bond motifs is 1. The first-order valence-corrected chi connectivity index (χ1v) is 9.42. The van der Waals surface area contributed by atoms with E-state index in [1.54, 1.807) is 0 Å². The van der Waals surface area contributed by atoms with E-state index >= 15 is 0 Å². The number of likely N-dealkylation sites (tertiary alicyclic amines) is 1. The average molecular weight is 328 g/mol. The highest BCUT2D eigenvalue weighted by molar-refractivity contribution is 5.90. The van der Waals surface area contributed by atoms with Crippen molar-refractivity contribution in [3.8, 4) is 0 Å². The molecule has 0 spiro atoms. The smallest absolute Gasteiger partial charge is 0.259 e. The highest BCUT2D eigenvalue weighted by atomic mass is 16.3. The molecule has 130 valence electrons. The molecule has 3 aliphatic carbocycles. The number of hydrogen-bond acceptors (Lipinski definition) is 3. The van der Waals surface area contributed by atoms with Crippen molar-refractivity contribution in [3.05, 3.63) is 36.0 Å². The van der Waals surface area contributed by atoms with E-state index in [0.29, 0.717) is 17.8 Å². The minimum absolute atomic E-state index is 0.0367. The Bertz CT molecular complexity index is 591. The molecule has 0 bridgehead atoms. The van der Waals surface area contributed by atoms with Crippen LogP contribution in [-0.2, 0) is 4.79 Å². The van der Waals surface area contributed by atoms with E-state index in [4.69, 9.17) is 5.73 Å². The molecule has 3 atom stereocenters. The van der Waals surface area contributed by atoms with Crippen molar-refractivity contribution in [1.82, 2.24) is 4.90 Å². The van der Waals surface area contributed by atoms with Crippen LogP contribution >= 0.6 is 0 Å². The van der Waals surface area contributed by atoms with Gasteiger partial charge in [0, 0.05) is 19.0 Å². The third-order valence-electron chi connectivity index (χ3n) is 6.62. The monoisotopic (exact) mass is 328 g/mol. The van der Waals surface area contributed by atoms with Gasteiger partial charge in [-0.05, 0) is 49.1 Å². The molecule has 3 N–H and O–H groups in total. The van der Waals surface area contributed by atoms with Crippen LogP contribution in [0, 0.1) is 23.7 Å². The van der Waals surface area contributed by atoms with Gasteiger partial charge in [0.2, 0.25) is 0 Å². The van der Waals surface area contributed by atoms with Crippen LogP contribution in [-0.4, -0.2) is 41.1 Å². The fourth-order valence-electron chi connectivity index (χ4n) is 5.12. The van der Waals surface area contributed by atoms with Crippen LogP contribution in [0.15, 0.2) is 36.0 Å². The largest absolute Gasteiger partial charge is 0.375 e. The van der Waals surface area contributed by atoms with Gasteiger partial charge < -0.3 is 15.7 Å². The van der Waals surface area contributed by atoms with E-state index in [-0.39, 0.29) is 11.8 Å². The van der Waals surface area contributed by atoms with Crippen LogP contribution in [0.1, 0.15) is 32.1 Å². The van der Waals surface area contributed by atoms with Gasteiger partial charge in [0.15, 0.2) is 5.60 Å². The molecule has 0 aromatic carbocycles. The van der Waals surface area contributed by atoms with Crippen LogP contribution in [0.2, 0.25) is 0 Å². The molecule has 4 heteroatoms. The first-order valence-electron chi connectivity index (χ1n) is 9.42. The number of carbonyl (C=O) groups excluding carboxylic acids is 1. The van der Waals surface area contributed by atoms with E-state index in [2.05, 4.69) is 6.08 Å². The van der Waals surface area contributed by atoms with E-state index in [1.807, 2.05) is 29.2 Å². The number of nitrogens with two attached hydrogens (primary N) is 1. The lowest BCUT2D eigenvalue weighted by Crippen LogP contribution is -2.54. The van der Waals surface area contributed by atoms with Gasteiger partial charge in [0.25, 0.3) is 5.91 Å². The van der Waals surface area contributed by atoms with Crippen molar-refractivity contribution in [1.29, 1.82) is 0 Å². The molecule has 1 heterocycles. The molecule has 0 aromatic heterocycles. The number of carbonyl (C=O) groups is 1. The second-order valence-corrected chi connectivity index (χ2v) is 7.87. The Kier molecular flexibility index (Phi) is 4.13. The predicted octanol–water partition coefficient (Wildman–Crippen LogP) is 2.01. The molecule has 3 unspecified atom stereocenters. The zero-order valence-electron chi connectivity index (χ0n) is 14.2. The summed E-state index contributed by atoms with van der Waals surface area (Å²) in [5.74, 6) is 1.67. The summed E-state index contributed by atoms with van der Waals surface area (Å²) in [7, 11) is 0. The van der Waals surface area contributed by atoms with Gasteiger partial charge >= 0.3 is 0 Å². The van der Waals surface area contributed by atoms with Gasteiger partial charge in [-0.1, -0.05) is 43.2 Å². The molecule has 3 fully saturated rings. The van der Waals surface area contributed by atoms with Gasteiger partial charge in [-0.15, -0.1) is 0 Å². The second kappa shape index (κ2) is 6.16. The van der Waals surface area contributed by atoms with Crippen molar-refractivity contribution in [2.45, 2.75) is 37.7 Å². The van der Waals surface area contributed by atoms with Crippen molar-refractivity contribution in [2.24, 2.45) is 29.4 Å². The molecular weight excluding hydrogens is 300 g/mol. The number of hydrogen-bond donors (Lipinski definition) is 2. The van der Waals surface area contributed by atoms with Crippen molar-refractivity contribution in [2.75, 3.05) is 19.6 Å². The maximum Gasteiger partial charge on any atom is 0.259 e. The number of nitrogens with zero attached hydrogens (tertiary/aromatic N) is 1. The number of aliphatic hydroxyl groups is 1. The SMILES string of the molecule is NCC1C2CN(C(=O)C(O)(C3=CC=CCC=C3)C3CCCC3)CC12. The topological polar surface area (TPSA) is 66.6 Å². The zero-order chi connectivity index (χ0) is 16.7. The molecule has 1 saturated heterocycles. The van der Waals surface area contributed by atoms with Crippen LogP contribution in [0.3, 0.4) is 0 Å². The van der Waals surface area contributed by atoms with Gasteiger partial charge in [-0.2, -0.15) is 0 Å². The Morgan fingerprint density at radius 3 is 2.62 bits per heavy atom. The summed E-state index contributed by atoms with van der Waals surface area (Å²) in [5, 5.41) is 11.6. The van der Waals surface area contributed by atoms with Gasteiger partial charge in [0.05, 0.1) is 0 Å². The highest BCUT2D eigenvalue weighted by Crippen LogP contribution is 2.52. The predicted molar refractivity (Wildman–Crippen MR) is 94.0 cm³/mol. The van der Waals surface area contributed by atoms with E-state index < -0.39 is 5.60 Å². The fraction of sp³-hybridized carbons (Fsp3) is 0.650. The number of amides is 1. The Labute approximate surface area is 144 Å². The lowest BCUT2D eigenvalue weighted by molar-refractivity contribution is -0.151. The number of rotatable bonds is 4. The quantitative estimate of drug-likeness (QED) is 0.830. The van der Waals surface area contributed by atoms with Crippen molar-refractivity contribution in [3.63, 3.8) is 0 Å². The zero-order valence-corrected chi connectivity index (χ0v) is 14.2. The Morgan fingerprint density at radius 1 is 1.25 bits per heavy atom. The van der Waals surface area contributed by atoms with Crippen LogP contribution in [0.5, 0.6) is 0 Å². The molecule has 4 nitrogen and oxygen atoms in total. The third-order valence-corrected chi connectivity index (χ3v) is 6.62. The Balaban J connectivity index is 1.60. The maximum atomic E-state index is 13.4. The molecule has 2 saturated carbocycles. The lowest BCUT2D eigenvalue weighted by atomic mass is 9.78. The molecule has 0 aromatic rings. The van der Waals surface area contributed by atoms with Crippen molar-refractivity contribution < 1.29 is 9.90 Å². The number of allylic oxidation sites excluding steroid dienone is 4. The molecule has 4 aliphatic rings. The molecule has 0 radical (unpaired) electrons. The van der Waals surface area contributed by atoms with Gasteiger partial charge in [-0.25, -0.2) is 0 Å². The Morgan fingerprint density at radius 2 is 1.96 bits per heavy atom. The summed E-state index contributed by atoms with van der Waals surface area (Å²) < 4.78 is 0. The van der Waals surface area contributed by atoms with Crippen LogP contribution < -0.4 is 5.73 Å². The standard InChI is InChI=1S/C20H28N2O2/c21-11-16-17-12-22(13-18(16)17)19(23)20(24,15-9-5-6-10-15)14-7-3-1-2-4-8-14/h1,3-4,7-8,15-18,24H,2,5-6,9-13,21H2. The molecule has 4 rings (SSSR count). The summed E-state index contributed by atoms with van der Waals surface area (Å²) in [6, 6.07) is 0. The van der Waals surface area contributed by atoms with Crippen molar-refractivity contribution >= 4 is 5.91 Å². The van der Waals surface area contributed by atoms with Crippen LogP contribution in [0.4, 0.5) is 0 Å². The molecule has 1 aliphatic heterocycles. The summed E-state index contributed by atoms with van der Waals surface area (Å²) >= 11 is 0. The van der Waals surface area contributed by atoms with E-state index in [9.17, 15) is 9.90 Å². The normalized spacial score (nSPS) is 34.7. The summed E-state index contributed by atoms with van der Waals surface area (Å²) in [4.78, 5) is 15.3. The first-order chi connectivity index (χ1) is 11.7. The summed E-state index contributed by atoms with van der Waals surface area (Å²) in [5.41, 5.74) is 5.19. The highest BCUT2D eigenvalue weighted by Gasteiger charge is 2.58. The Hall–Kier alpha value is -1.39. The van der Waals surface area contributed by atoms with Gasteiger partial charge in [0.1, 0.15) is 0 Å². The third kappa shape index (κ3) is 2.47. The summed E-state index contributed by atoms with van der Waals surface area (Å²) in [6.07, 6.45) is 14.9. The minimum Gasteiger partial charge on any atom is -0.375 e. The minimum atomic E-state index is -1.36.